The normalized spacial score (nSPS) is 12.6. The average Bonchev–Trinajstić information content (AvgIpc) is 2.83. The van der Waals surface area contributed by atoms with Crippen LogP contribution in [0.25, 0.3) is 0 Å². The van der Waals surface area contributed by atoms with Crippen molar-refractivity contribution in [3.8, 4) is 0 Å². The largest absolute Gasteiger partial charge is 0.310 e. The van der Waals surface area contributed by atoms with Crippen LogP contribution in [0.5, 0.6) is 0 Å². The zero-order chi connectivity index (χ0) is 15.2. The van der Waals surface area contributed by atoms with E-state index in [-0.39, 0.29) is 0 Å². The molecule has 1 unspecified atom stereocenters. The van der Waals surface area contributed by atoms with E-state index in [4.69, 9.17) is 0 Å². The number of nitrogens with one attached hydrogen (secondary N) is 1. The van der Waals surface area contributed by atoms with Crippen LogP contribution in [-0.2, 0) is 19.9 Å². The molecule has 0 bridgehead atoms. The lowest BCUT2D eigenvalue weighted by molar-refractivity contribution is 0.512. The summed E-state index contributed by atoms with van der Waals surface area (Å²) in [7, 11) is 2.03. The molecule has 0 saturated carbocycles. The van der Waals surface area contributed by atoms with Gasteiger partial charge in [0.05, 0.1) is 5.69 Å². The van der Waals surface area contributed by atoms with Crippen LogP contribution in [0.2, 0.25) is 0 Å². The van der Waals surface area contributed by atoms with E-state index in [0.29, 0.717) is 6.04 Å². The molecule has 0 radical (unpaired) electrons. The maximum absolute atomic E-state index is 4.55. The Morgan fingerprint density at radius 2 is 2.10 bits per heavy atom. The highest BCUT2D eigenvalue weighted by Crippen LogP contribution is 2.22. The average molecular weight is 350 g/mol. The van der Waals surface area contributed by atoms with Crippen LogP contribution in [0, 0.1) is 0 Å². The van der Waals surface area contributed by atoms with E-state index in [1.165, 1.54) is 11.3 Å². The first-order chi connectivity index (χ1) is 10.1. The molecule has 2 rings (SSSR count). The van der Waals surface area contributed by atoms with Gasteiger partial charge >= 0.3 is 0 Å². The Kier molecular flexibility index (Phi) is 6.00. The highest BCUT2D eigenvalue weighted by Gasteiger charge is 2.15. The quantitative estimate of drug-likeness (QED) is 0.817. The topological polar surface area (TPSA) is 29.9 Å². The van der Waals surface area contributed by atoms with Gasteiger partial charge in [-0.15, -0.1) is 0 Å². The second kappa shape index (κ2) is 7.76. The standard InChI is InChI=1S/C17H24BrN3/c1-4-9-19-17(13-7-6-8-14(18)10-13)12-16-11-15(5-2)20-21(16)3/h6-8,10-11,17,19H,4-5,9,12H2,1-3H3. The van der Waals surface area contributed by atoms with Gasteiger partial charge in [-0.05, 0) is 43.1 Å². The van der Waals surface area contributed by atoms with Gasteiger partial charge in [0, 0.05) is 29.7 Å². The van der Waals surface area contributed by atoms with Crippen LogP contribution < -0.4 is 5.32 Å². The molecule has 2 aromatic rings. The van der Waals surface area contributed by atoms with Crippen molar-refractivity contribution < 1.29 is 0 Å². The van der Waals surface area contributed by atoms with Crippen LogP contribution in [0.4, 0.5) is 0 Å². The van der Waals surface area contributed by atoms with Crippen molar-refractivity contribution >= 4 is 15.9 Å². The summed E-state index contributed by atoms with van der Waals surface area (Å²) >= 11 is 3.57. The van der Waals surface area contributed by atoms with E-state index in [9.17, 15) is 0 Å². The molecular formula is C17H24BrN3. The number of benzene rings is 1. The molecule has 0 aliphatic rings. The molecule has 1 atom stereocenters. The van der Waals surface area contributed by atoms with Gasteiger partial charge in [-0.1, -0.05) is 41.9 Å². The molecule has 21 heavy (non-hydrogen) atoms. The first kappa shape index (κ1) is 16.2. The zero-order valence-electron chi connectivity index (χ0n) is 13.1. The molecule has 1 heterocycles. The molecule has 0 amide bonds. The molecular weight excluding hydrogens is 326 g/mol. The Labute approximate surface area is 135 Å². The van der Waals surface area contributed by atoms with Gasteiger partial charge in [0.15, 0.2) is 0 Å². The van der Waals surface area contributed by atoms with E-state index in [2.05, 4.69) is 70.5 Å². The van der Waals surface area contributed by atoms with Crippen LogP contribution >= 0.6 is 15.9 Å². The highest BCUT2D eigenvalue weighted by molar-refractivity contribution is 9.10. The summed E-state index contributed by atoms with van der Waals surface area (Å²) in [6.45, 7) is 5.37. The zero-order valence-corrected chi connectivity index (χ0v) is 14.7. The Morgan fingerprint density at radius 3 is 2.71 bits per heavy atom. The van der Waals surface area contributed by atoms with Crippen molar-refractivity contribution in [1.29, 1.82) is 0 Å². The lowest BCUT2D eigenvalue weighted by Crippen LogP contribution is -2.25. The minimum absolute atomic E-state index is 0.322. The lowest BCUT2D eigenvalue weighted by atomic mass is 10.0. The predicted molar refractivity (Wildman–Crippen MR) is 91.5 cm³/mol. The summed E-state index contributed by atoms with van der Waals surface area (Å²) in [5.74, 6) is 0. The molecule has 1 aromatic carbocycles. The number of halogens is 1. The van der Waals surface area contributed by atoms with Crippen LogP contribution in [-0.4, -0.2) is 16.3 Å². The van der Waals surface area contributed by atoms with E-state index < -0.39 is 0 Å². The van der Waals surface area contributed by atoms with Crippen molar-refractivity contribution in [2.45, 2.75) is 39.2 Å². The fourth-order valence-corrected chi connectivity index (χ4v) is 2.91. The summed E-state index contributed by atoms with van der Waals surface area (Å²) in [6.07, 6.45) is 3.08. The molecule has 0 fully saturated rings. The molecule has 114 valence electrons. The van der Waals surface area contributed by atoms with E-state index >= 15 is 0 Å². The van der Waals surface area contributed by atoms with Crippen LogP contribution in [0.3, 0.4) is 0 Å². The molecule has 3 nitrogen and oxygen atoms in total. The molecule has 0 spiro atoms. The van der Waals surface area contributed by atoms with E-state index in [1.54, 1.807) is 0 Å². The summed E-state index contributed by atoms with van der Waals surface area (Å²) in [4.78, 5) is 0. The molecule has 4 heteroatoms. The van der Waals surface area contributed by atoms with Gasteiger partial charge < -0.3 is 5.32 Å². The van der Waals surface area contributed by atoms with Gasteiger partial charge in [-0.25, -0.2) is 0 Å². The minimum atomic E-state index is 0.322. The van der Waals surface area contributed by atoms with Crippen LogP contribution in [0.1, 0.15) is 43.3 Å². The smallest absolute Gasteiger partial charge is 0.0624 e. The van der Waals surface area contributed by atoms with E-state index in [0.717, 1.165) is 36.0 Å². The maximum atomic E-state index is 4.55. The van der Waals surface area contributed by atoms with Crippen molar-refractivity contribution in [3.05, 3.63) is 51.8 Å². The molecule has 1 aromatic heterocycles. The fourth-order valence-electron chi connectivity index (χ4n) is 2.49. The highest BCUT2D eigenvalue weighted by atomic mass is 79.9. The number of hydrogen-bond acceptors (Lipinski definition) is 2. The minimum Gasteiger partial charge on any atom is -0.310 e. The van der Waals surface area contributed by atoms with Crippen molar-refractivity contribution in [1.82, 2.24) is 15.1 Å². The summed E-state index contributed by atoms with van der Waals surface area (Å²) < 4.78 is 3.14. The fraction of sp³-hybridized carbons (Fsp3) is 0.471. The van der Waals surface area contributed by atoms with Gasteiger partial charge in [0.25, 0.3) is 0 Å². The first-order valence-corrected chi connectivity index (χ1v) is 8.44. The van der Waals surface area contributed by atoms with Gasteiger partial charge in [0.1, 0.15) is 0 Å². The monoisotopic (exact) mass is 349 g/mol. The third-order valence-electron chi connectivity index (χ3n) is 3.69. The summed E-state index contributed by atoms with van der Waals surface area (Å²) in [5, 5.41) is 8.21. The predicted octanol–water partition coefficient (Wildman–Crippen LogP) is 4.03. The Morgan fingerprint density at radius 1 is 1.29 bits per heavy atom. The lowest BCUT2D eigenvalue weighted by Gasteiger charge is -2.19. The summed E-state index contributed by atoms with van der Waals surface area (Å²) in [6, 6.07) is 11.1. The number of nitrogens with zero attached hydrogens (tertiary/aromatic N) is 2. The number of aromatic nitrogens is 2. The van der Waals surface area contributed by atoms with Crippen molar-refractivity contribution in [2.24, 2.45) is 7.05 Å². The van der Waals surface area contributed by atoms with Crippen LogP contribution in [0.15, 0.2) is 34.8 Å². The number of hydrogen-bond donors (Lipinski definition) is 1. The molecule has 1 N–H and O–H groups in total. The third-order valence-corrected chi connectivity index (χ3v) is 4.19. The summed E-state index contributed by atoms with van der Waals surface area (Å²) in [5.41, 5.74) is 3.76. The van der Waals surface area contributed by atoms with Crippen molar-refractivity contribution in [3.63, 3.8) is 0 Å². The maximum Gasteiger partial charge on any atom is 0.0624 e. The SMILES string of the molecule is CCCNC(Cc1cc(CC)nn1C)c1cccc(Br)c1. The molecule has 0 aliphatic heterocycles. The Balaban J connectivity index is 2.21. The second-order valence-corrected chi connectivity index (χ2v) is 6.29. The third kappa shape index (κ3) is 4.42. The molecule has 0 aliphatic carbocycles. The van der Waals surface area contributed by atoms with Gasteiger partial charge in [-0.3, -0.25) is 4.68 Å². The van der Waals surface area contributed by atoms with Gasteiger partial charge in [-0.2, -0.15) is 5.10 Å². The van der Waals surface area contributed by atoms with Crippen molar-refractivity contribution in [2.75, 3.05) is 6.54 Å². The molecule has 0 saturated heterocycles. The Hall–Kier alpha value is -1.13. The number of rotatable bonds is 7. The first-order valence-electron chi connectivity index (χ1n) is 7.64. The Bertz CT molecular complexity index is 577. The number of aryl methyl sites for hydroxylation is 2. The van der Waals surface area contributed by atoms with Gasteiger partial charge in [0.2, 0.25) is 0 Å². The van der Waals surface area contributed by atoms with E-state index in [1.807, 2.05) is 11.7 Å². The second-order valence-electron chi connectivity index (χ2n) is 5.37.